The number of hydrogen-bond donors (Lipinski definition) is 2. The van der Waals surface area contributed by atoms with Crippen molar-refractivity contribution in [1.82, 2.24) is 4.98 Å². The zero-order valence-corrected chi connectivity index (χ0v) is 10.4. The normalized spacial score (nSPS) is 10.1. The predicted molar refractivity (Wildman–Crippen MR) is 66.5 cm³/mol. The Morgan fingerprint density at radius 2 is 2.31 bits per heavy atom. The number of carboxylic acids is 1. The second-order valence-corrected chi connectivity index (χ2v) is 4.92. The molecular weight excluding hydrogens is 292 g/mol. The van der Waals surface area contributed by atoms with Crippen LogP contribution in [0.25, 0.3) is 0 Å². The Balaban J connectivity index is 2.17. The summed E-state index contributed by atoms with van der Waals surface area (Å²) in [6.45, 7) is 0. The molecular formula is C10H7BrN2O2S. The van der Waals surface area contributed by atoms with Crippen molar-refractivity contribution >= 4 is 44.1 Å². The molecule has 1 aromatic heterocycles. The number of nitrogens with zero attached hydrogens (tertiary/aromatic N) is 1. The molecule has 0 aliphatic rings. The summed E-state index contributed by atoms with van der Waals surface area (Å²) in [5.74, 6) is -0.959. The summed E-state index contributed by atoms with van der Waals surface area (Å²) < 4.78 is 0.951. The van der Waals surface area contributed by atoms with Crippen LogP contribution in [0.4, 0.5) is 10.8 Å². The Bertz CT molecular complexity index is 527. The number of thiazole rings is 1. The van der Waals surface area contributed by atoms with Crippen LogP contribution in [0.5, 0.6) is 0 Å². The third-order valence-electron chi connectivity index (χ3n) is 1.79. The summed E-state index contributed by atoms with van der Waals surface area (Å²) in [7, 11) is 0. The van der Waals surface area contributed by atoms with E-state index in [1.807, 2.05) is 24.3 Å². The van der Waals surface area contributed by atoms with E-state index in [0.29, 0.717) is 5.13 Å². The lowest BCUT2D eigenvalue weighted by Crippen LogP contribution is -1.90. The lowest BCUT2D eigenvalue weighted by Gasteiger charge is -2.01. The number of carbonyl (C=O) groups is 1. The Hall–Kier alpha value is -1.40. The number of anilines is 2. The topological polar surface area (TPSA) is 62.2 Å². The highest BCUT2D eigenvalue weighted by Crippen LogP contribution is 2.24. The predicted octanol–water partition coefficient (Wildman–Crippen LogP) is 3.35. The van der Waals surface area contributed by atoms with E-state index in [2.05, 4.69) is 26.2 Å². The van der Waals surface area contributed by atoms with Crippen LogP contribution in [-0.2, 0) is 0 Å². The second-order valence-electron chi connectivity index (χ2n) is 2.97. The zero-order valence-electron chi connectivity index (χ0n) is 7.98. The summed E-state index contributed by atoms with van der Waals surface area (Å²) in [6, 6.07) is 7.57. The maximum atomic E-state index is 10.7. The Morgan fingerprint density at radius 3 is 2.94 bits per heavy atom. The van der Waals surface area contributed by atoms with Gasteiger partial charge in [-0.1, -0.05) is 33.3 Å². The van der Waals surface area contributed by atoms with E-state index in [4.69, 9.17) is 5.11 Å². The molecule has 0 fully saturated rings. The van der Waals surface area contributed by atoms with E-state index in [-0.39, 0.29) is 4.88 Å². The van der Waals surface area contributed by atoms with Gasteiger partial charge in [0, 0.05) is 10.2 Å². The van der Waals surface area contributed by atoms with E-state index in [1.165, 1.54) is 6.20 Å². The van der Waals surface area contributed by atoms with E-state index in [9.17, 15) is 4.79 Å². The molecule has 1 heterocycles. The summed E-state index contributed by atoms with van der Waals surface area (Å²) in [5.41, 5.74) is 0.862. The molecule has 2 rings (SSSR count). The van der Waals surface area contributed by atoms with Crippen molar-refractivity contribution in [2.75, 3.05) is 5.32 Å². The van der Waals surface area contributed by atoms with Gasteiger partial charge in [-0.25, -0.2) is 9.78 Å². The highest BCUT2D eigenvalue weighted by Gasteiger charge is 2.08. The first-order valence-electron chi connectivity index (χ1n) is 4.37. The third-order valence-corrected chi connectivity index (χ3v) is 3.19. The molecule has 2 aromatic rings. The number of hydrogen-bond acceptors (Lipinski definition) is 4. The van der Waals surface area contributed by atoms with Crippen LogP contribution >= 0.6 is 27.3 Å². The van der Waals surface area contributed by atoms with E-state index >= 15 is 0 Å². The van der Waals surface area contributed by atoms with Crippen LogP contribution in [0.1, 0.15) is 9.67 Å². The molecule has 82 valence electrons. The molecule has 1 aromatic carbocycles. The van der Waals surface area contributed by atoms with Gasteiger partial charge in [-0.3, -0.25) is 0 Å². The summed E-state index contributed by atoms with van der Waals surface area (Å²) >= 11 is 4.46. The molecule has 0 saturated heterocycles. The number of aromatic nitrogens is 1. The van der Waals surface area contributed by atoms with Crippen molar-refractivity contribution in [3.8, 4) is 0 Å². The minimum absolute atomic E-state index is 0.220. The van der Waals surface area contributed by atoms with Crippen molar-refractivity contribution < 1.29 is 9.90 Å². The number of rotatable bonds is 3. The maximum Gasteiger partial charge on any atom is 0.347 e. The first-order chi connectivity index (χ1) is 7.65. The third kappa shape index (κ3) is 2.59. The fourth-order valence-corrected chi connectivity index (χ4v) is 2.20. The van der Waals surface area contributed by atoms with Gasteiger partial charge in [0.1, 0.15) is 4.88 Å². The molecule has 0 atom stereocenters. The van der Waals surface area contributed by atoms with Crippen LogP contribution < -0.4 is 5.32 Å². The number of nitrogens with one attached hydrogen (secondary N) is 1. The Labute approximate surface area is 104 Å². The molecule has 0 radical (unpaired) electrons. The first kappa shape index (κ1) is 11.1. The largest absolute Gasteiger partial charge is 0.477 e. The SMILES string of the molecule is O=C(O)c1cnc(Nc2cccc(Br)c2)s1. The van der Waals surface area contributed by atoms with Crippen molar-refractivity contribution in [2.24, 2.45) is 0 Å². The van der Waals surface area contributed by atoms with Gasteiger partial charge in [0.05, 0.1) is 6.20 Å². The molecule has 4 nitrogen and oxygen atoms in total. The summed E-state index contributed by atoms with van der Waals surface area (Å²) in [4.78, 5) is 14.8. The van der Waals surface area contributed by atoms with Crippen LogP contribution in [0.3, 0.4) is 0 Å². The molecule has 0 amide bonds. The molecule has 0 spiro atoms. The van der Waals surface area contributed by atoms with Gasteiger partial charge in [0.25, 0.3) is 0 Å². The minimum atomic E-state index is -0.959. The number of benzene rings is 1. The lowest BCUT2D eigenvalue weighted by molar-refractivity contribution is 0.0702. The number of halogens is 1. The van der Waals surface area contributed by atoms with E-state index in [1.54, 1.807) is 0 Å². The fourth-order valence-electron chi connectivity index (χ4n) is 1.12. The molecule has 16 heavy (non-hydrogen) atoms. The van der Waals surface area contributed by atoms with Crippen LogP contribution in [0, 0.1) is 0 Å². The first-order valence-corrected chi connectivity index (χ1v) is 5.98. The lowest BCUT2D eigenvalue weighted by atomic mass is 10.3. The van der Waals surface area contributed by atoms with Gasteiger partial charge in [-0.2, -0.15) is 0 Å². The maximum absolute atomic E-state index is 10.7. The molecule has 0 bridgehead atoms. The van der Waals surface area contributed by atoms with Crippen LogP contribution in [0.15, 0.2) is 34.9 Å². The number of carboxylic acid groups (broad SMARTS) is 1. The van der Waals surface area contributed by atoms with Gasteiger partial charge < -0.3 is 10.4 Å². The van der Waals surface area contributed by atoms with Crippen LogP contribution in [-0.4, -0.2) is 16.1 Å². The van der Waals surface area contributed by atoms with Crippen molar-refractivity contribution in [3.05, 3.63) is 39.8 Å². The smallest absolute Gasteiger partial charge is 0.347 e. The molecule has 0 unspecified atom stereocenters. The number of aromatic carboxylic acids is 1. The quantitative estimate of drug-likeness (QED) is 0.912. The second kappa shape index (κ2) is 4.63. The molecule has 0 aliphatic heterocycles. The van der Waals surface area contributed by atoms with Crippen molar-refractivity contribution in [3.63, 3.8) is 0 Å². The average Bonchev–Trinajstić information content (AvgIpc) is 2.66. The summed E-state index contributed by atoms with van der Waals surface area (Å²) in [5, 5.41) is 12.3. The molecule has 6 heteroatoms. The van der Waals surface area contributed by atoms with Gasteiger partial charge in [0.2, 0.25) is 0 Å². The molecule has 2 N–H and O–H groups in total. The van der Waals surface area contributed by atoms with Crippen molar-refractivity contribution in [2.45, 2.75) is 0 Å². The molecule has 0 aliphatic carbocycles. The zero-order chi connectivity index (χ0) is 11.5. The average molecular weight is 299 g/mol. The van der Waals surface area contributed by atoms with E-state index < -0.39 is 5.97 Å². The highest BCUT2D eigenvalue weighted by molar-refractivity contribution is 9.10. The van der Waals surface area contributed by atoms with Crippen LogP contribution in [0.2, 0.25) is 0 Å². The fraction of sp³-hybridized carbons (Fsp3) is 0. The minimum Gasteiger partial charge on any atom is -0.477 e. The van der Waals surface area contributed by atoms with Gasteiger partial charge in [-0.05, 0) is 18.2 Å². The summed E-state index contributed by atoms with van der Waals surface area (Å²) in [6.07, 6.45) is 1.34. The van der Waals surface area contributed by atoms with Gasteiger partial charge in [-0.15, -0.1) is 0 Å². The standard InChI is InChI=1S/C10H7BrN2O2S/c11-6-2-1-3-7(4-6)13-10-12-5-8(16-10)9(14)15/h1-5H,(H,12,13)(H,14,15). The Morgan fingerprint density at radius 1 is 1.50 bits per heavy atom. The van der Waals surface area contributed by atoms with Gasteiger partial charge >= 0.3 is 5.97 Å². The Kier molecular flexibility index (Phi) is 3.21. The molecule has 0 saturated carbocycles. The monoisotopic (exact) mass is 298 g/mol. The highest BCUT2D eigenvalue weighted by atomic mass is 79.9. The van der Waals surface area contributed by atoms with Crippen molar-refractivity contribution in [1.29, 1.82) is 0 Å². The van der Waals surface area contributed by atoms with E-state index in [0.717, 1.165) is 21.5 Å². The van der Waals surface area contributed by atoms with Gasteiger partial charge in [0.15, 0.2) is 5.13 Å².